The van der Waals surface area contributed by atoms with Crippen molar-refractivity contribution >= 4 is 17.5 Å². The van der Waals surface area contributed by atoms with E-state index in [-0.39, 0.29) is 12.5 Å². The first-order chi connectivity index (χ1) is 11.4. The molecule has 0 bridgehead atoms. The third-order valence-electron chi connectivity index (χ3n) is 3.80. The molecule has 1 aromatic heterocycles. The molecule has 0 fully saturated rings. The minimum absolute atomic E-state index is 0.246. The number of furan rings is 1. The fourth-order valence-corrected chi connectivity index (χ4v) is 2.29. The Morgan fingerprint density at radius 1 is 1.17 bits per heavy atom. The van der Waals surface area contributed by atoms with Crippen molar-refractivity contribution in [1.29, 1.82) is 0 Å². The molecule has 6 heteroatoms. The molecule has 6 nitrogen and oxygen atoms in total. The standard InChI is InChI=1S/C18H22N2O4/c1-11-6-7-14(9-12(11)2)20-18(23)17(22)19-13(3)10-15(21)16-5-4-8-24-16/h4-9,13,15,21H,10H2,1-3H3,(H,19,22)(H,20,23). The Labute approximate surface area is 140 Å². The van der Waals surface area contributed by atoms with Crippen molar-refractivity contribution in [3.8, 4) is 0 Å². The number of hydrogen-bond acceptors (Lipinski definition) is 4. The summed E-state index contributed by atoms with van der Waals surface area (Å²) in [7, 11) is 0. The number of aliphatic hydroxyl groups excluding tert-OH is 1. The van der Waals surface area contributed by atoms with E-state index in [0.717, 1.165) is 11.1 Å². The zero-order valence-electron chi connectivity index (χ0n) is 14.0. The number of aryl methyl sites for hydroxylation is 2. The normalized spacial score (nSPS) is 13.2. The summed E-state index contributed by atoms with van der Waals surface area (Å²) >= 11 is 0. The monoisotopic (exact) mass is 330 g/mol. The summed E-state index contributed by atoms with van der Waals surface area (Å²) in [6, 6.07) is 8.39. The lowest BCUT2D eigenvalue weighted by Gasteiger charge is -2.16. The number of anilines is 1. The van der Waals surface area contributed by atoms with E-state index in [4.69, 9.17) is 4.42 Å². The molecule has 0 aliphatic heterocycles. The van der Waals surface area contributed by atoms with E-state index in [1.807, 2.05) is 26.0 Å². The molecule has 0 saturated carbocycles. The Hall–Kier alpha value is -2.60. The first kappa shape index (κ1) is 17.7. The second kappa shape index (κ2) is 7.79. The Bertz CT molecular complexity index is 710. The minimum Gasteiger partial charge on any atom is -0.467 e. The maximum Gasteiger partial charge on any atom is 0.313 e. The average Bonchev–Trinajstić information content (AvgIpc) is 3.05. The number of benzene rings is 1. The Morgan fingerprint density at radius 2 is 1.92 bits per heavy atom. The molecule has 2 rings (SSSR count). The van der Waals surface area contributed by atoms with Gasteiger partial charge >= 0.3 is 11.8 Å². The van der Waals surface area contributed by atoms with Crippen molar-refractivity contribution < 1.29 is 19.1 Å². The van der Waals surface area contributed by atoms with Crippen LogP contribution in [0.4, 0.5) is 5.69 Å². The topological polar surface area (TPSA) is 91.6 Å². The van der Waals surface area contributed by atoms with Crippen LogP contribution in [-0.4, -0.2) is 23.0 Å². The molecule has 0 aliphatic carbocycles. The second-order valence-electron chi connectivity index (χ2n) is 5.89. The first-order valence-electron chi connectivity index (χ1n) is 7.77. The van der Waals surface area contributed by atoms with Gasteiger partial charge in [0, 0.05) is 18.2 Å². The van der Waals surface area contributed by atoms with Crippen LogP contribution in [0.1, 0.15) is 36.3 Å². The second-order valence-corrected chi connectivity index (χ2v) is 5.89. The van der Waals surface area contributed by atoms with Gasteiger partial charge in [0.2, 0.25) is 0 Å². The van der Waals surface area contributed by atoms with E-state index in [1.54, 1.807) is 25.1 Å². The van der Waals surface area contributed by atoms with Gasteiger partial charge in [-0.1, -0.05) is 6.07 Å². The van der Waals surface area contributed by atoms with E-state index in [9.17, 15) is 14.7 Å². The average molecular weight is 330 g/mol. The van der Waals surface area contributed by atoms with E-state index in [1.165, 1.54) is 6.26 Å². The van der Waals surface area contributed by atoms with Crippen LogP contribution >= 0.6 is 0 Å². The maximum atomic E-state index is 12.0. The summed E-state index contributed by atoms with van der Waals surface area (Å²) in [5.74, 6) is -1.05. The van der Waals surface area contributed by atoms with Gasteiger partial charge in [0.05, 0.1) is 6.26 Å². The zero-order chi connectivity index (χ0) is 17.7. The van der Waals surface area contributed by atoms with Gasteiger partial charge in [0.1, 0.15) is 11.9 Å². The number of rotatable bonds is 5. The molecule has 0 aliphatic rings. The molecule has 0 spiro atoms. The lowest BCUT2D eigenvalue weighted by Crippen LogP contribution is -2.41. The lowest BCUT2D eigenvalue weighted by molar-refractivity contribution is -0.136. The summed E-state index contributed by atoms with van der Waals surface area (Å²) in [6.45, 7) is 5.62. The minimum atomic E-state index is -0.835. The highest BCUT2D eigenvalue weighted by Gasteiger charge is 2.20. The molecule has 24 heavy (non-hydrogen) atoms. The molecule has 0 radical (unpaired) electrons. The van der Waals surface area contributed by atoms with E-state index in [2.05, 4.69) is 10.6 Å². The third kappa shape index (κ3) is 4.70. The molecule has 128 valence electrons. The van der Waals surface area contributed by atoms with Gasteiger partial charge in [-0.3, -0.25) is 9.59 Å². The molecule has 1 aromatic carbocycles. The van der Waals surface area contributed by atoms with E-state index >= 15 is 0 Å². The van der Waals surface area contributed by atoms with Crippen molar-refractivity contribution in [1.82, 2.24) is 5.32 Å². The fraction of sp³-hybridized carbons (Fsp3) is 0.333. The predicted octanol–water partition coefficient (Wildman–Crippen LogP) is 2.46. The van der Waals surface area contributed by atoms with Crippen molar-refractivity contribution in [3.05, 3.63) is 53.5 Å². The molecular formula is C18H22N2O4. The van der Waals surface area contributed by atoms with Crippen molar-refractivity contribution in [2.24, 2.45) is 0 Å². The van der Waals surface area contributed by atoms with Crippen molar-refractivity contribution in [3.63, 3.8) is 0 Å². The number of nitrogens with one attached hydrogen (secondary N) is 2. The van der Waals surface area contributed by atoms with Crippen LogP contribution in [0.25, 0.3) is 0 Å². The van der Waals surface area contributed by atoms with Crippen LogP contribution in [0.5, 0.6) is 0 Å². The molecule has 2 aromatic rings. The number of carbonyl (C=O) groups is 2. The van der Waals surface area contributed by atoms with Crippen LogP contribution in [0.2, 0.25) is 0 Å². The van der Waals surface area contributed by atoms with Gasteiger partial charge in [0.15, 0.2) is 0 Å². The van der Waals surface area contributed by atoms with Crippen molar-refractivity contribution in [2.75, 3.05) is 5.32 Å². The Kier molecular flexibility index (Phi) is 5.76. The molecule has 0 saturated heterocycles. The van der Waals surface area contributed by atoms with Crippen LogP contribution in [0.3, 0.4) is 0 Å². The third-order valence-corrected chi connectivity index (χ3v) is 3.80. The van der Waals surface area contributed by atoms with Gasteiger partial charge in [-0.05, 0) is 56.2 Å². The summed E-state index contributed by atoms with van der Waals surface area (Å²) in [6.07, 6.45) is 0.882. The summed E-state index contributed by atoms with van der Waals surface area (Å²) < 4.78 is 5.11. The number of carbonyl (C=O) groups excluding carboxylic acids is 2. The zero-order valence-corrected chi connectivity index (χ0v) is 14.0. The summed E-state index contributed by atoms with van der Waals surface area (Å²) in [4.78, 5) is 23.9. The fourth-order valence-electron chi connectivity index (χ4n) is 2.29. The SMILES string of the molecule is Cc1ccc(NC(=O)C(=O)NC(C)CC(O)c2ccco2)cc1C. The molecular weight excluding hydrogens is 308 g/mol. The van der Waals surface area contributed by atoms with Gasteiger partial charge < -0.3 is 20.2 Å². The predicted molar refractivity (Wildman–Crippen MR) is 90.4 cm³/mol. The molecule has 2 atom stereocenters. The highest BCUT2D eigenvalue weighted by Crippen LogP contribution is 2.18. The first-order valence-corrected chi connectivity index (χ1v) is 7.77. The highest BCUT2D eigenvalue weighted by atomic mass is 16.4. The van der Waals surface area contributed by atoms with Crippen LogP contribution in [-0.2, 0) is 9.59 Å². The van der Waals surface area contributed by atoms with E-state index in [0.29, 0.717) is 11.4 Å². The van der Waals surface area contributed by atoms with Crippen LogP contribution in [0, 0.1) is 13.8 Å². The van der Waals surface area contributed by atoms with Gasteiger partial charge in [-0.15, -0.1) is 0 Å². The summed E-state index contributed by atoms with van der Waals surface area (Å²) in [5, 5.41) is 15.1. The van der Waals surface area contributed by atoms with Gasteiger partial charge in [-0.25, -0.2) is 0 Å². The largest absolute Gasteiger partial charge is 0.467 e. The molecule has 2 amide bonds. The van der Waals surface area contributed by atoms with Crippen LogP contribution in [0.15, 0.2) is 41.0 Å². The lowest BCUT2D eigenvalue weighted by atomic mass is 10.1. The number of hydrogen-bond donors (Lipinski definition) is 3. The summed E-state index contributed by atoms with van der Waals surface area (Å²) in [5.41, 5.74) is 2.71. The Morgan fingerprint density at radius 3 is 2.54 bits per heavy atom. The maximum absolute atomic E-state index is 12.0. The smallest absolute Gasteiger partial charge is 0.313 e. The van der Waals surface area contributed by atoms with E-state index < -0.39 is 17.9 Å². The molecule has 1 heterocycles. The highest BCUT2D eigenvalue weighted by molar-refractivity contribution is 6.39. The number of amides is 2. The molecule has 3 N–H and O–H groups in total. The number of aliphatic hydroxyl groups is 1. The van der Waals surface area contributed by atoms with Crippen molar-refractivity contribution in [2.45, 2.75) is 39.3 Å². The molecule has 2 unspecified atom stereocenters. The Balaban J connectivity index is 1.86. The van der Waals surface area contributed by atoms with Crippen LogP contribution < -0.4 is 10.6 Å². The quantitative estimate of drug-likeness (QED) is 0.734. The van der Waals surface area contributed by atoms with Gasteiger partial charge in [0.25, 0.3) is 0 Å². The van der Waals surface area contributed by atoms with Gasteiger partial charge in [-0.2, -0.15) is 0 Å².